The molecule has 28 heavy (non-hydrogen) atoms. The highest BCUT2D eigenvalue weighted by atomic mass is 16.5. The van der Waals surface area contributed by atoms with Gasteiger partial charge in [0.1, 0.15) is 12.0 Å². The molecule has 0 unspecified atom stereocenters. The van der Waals surface area contributed by atoms with Gasteiger partial charge in [-0.25, -0.2) is 14.8 Å². The minimum atomic E-state index is -1.04. The molecule has 1 aromatic heterocycles. The fraction of sp³-hybridized carbons (Fsp3) is 0.316. The van der Waals surface area contributed by atoms with Crippen LogP contribution in [-0.2, 0) is 4.74 Å². The molecule has 1 aromatic carbocycles. The molecule has 1 saturated heterocycles. The second kappa shape index (κ2) is 8.45. The number of carbonyl (C=O) groups is 2. The van der Waals surface area contributed by atoms with Crippen LogP contribution in [0.1, 0.15) is 22.5 Å². The van der Waals surface area contributed by atoms with Crippen LogP contribution in [0.3, 0.4) is 0 Å². The monoisotopic (exact) mass is 381 g/mol. The van der Waals surface area contributed by atoms with Gasteiger partial charge in [-0.05, 0) is 24.6 Å². The van der Waals surface area contributed by atoms with Crippen molar-refractivity contribution in [2.45, 2.75) is 18.5 Å². The summed E-state index contributed by atoms with van der Waals surface area (Å²) >= 11 is 0. The third-order valence-electron chi connectivity index (χ3n) is 4.54. The second-order valence-corrected chi connectivity index (χ2v) is 6.43. The summed E-state index contributed by atoms with van der Waals surface area (Å²) in [5.41, 5.74) is 1.89. The number of nitriles is 1. The number of nitrogens with one attached hydrogen (secondary N) is 1. The SMILES string of the molecule is COC[C@@H]1C[C@@H](NC(=O)c2cc(-c3cccc(C#N)c3)ncn2)CN1C(=O)O. The molecule has 0 saturated carbocycles. The summed E-state index contributed by atoms with van der Waals surface area (Å²) in [4.78, 5) is 33.4. The zero-order valence-corrected chi connectivity index (χ0v) is 15.2. The van der Waals surface area contributed by atoms with Gasteiger partial charge in [0.25, 0.3) is 5.91 Å². The summed E-state index contributed by atoms with van der Waals surface area (Å²) < 4.78 is 5.07. The second-order valence-electron chi connectivity index (χ2n) is 6.43. The third-order valence-corrected chi connectivity index (χ3v) is 4.54. The highest BCUT2D eigenvalue weighted by molar-refractivity contribution is 5.93. The Morgan fingerprint density at radius 1 is 1.39 bits per heavy atom. The van der Waals surface area contributed by atoms with Gasteiger partial charge in [0, 0.05) is 25.3 Å². The number of ether oxygens (including phenoxy) is 1. The molecule has 2 aromatic rings. The normalized spacial score (nSPS) is 18.5. The smallest absolute Gasteiger partial charge is 0.407 e. The van der Waals surface area contributed by atoms with E-state index in [1.807, 2.05) is 0 Å². The van der Waals surface area contributed by atoms with Crippen LogP contribution in [0, 0.1) is 11.3 Å². The maximum absolute atomic E-state index is 12.6. The number of rotatable bonds is 5. The number of aromatic nitrogens is 2. The molecule has 1 fully saturated rings. The molecule has 9 nitrogen and oxygen atoms in total. The average molecular weight is 381 g/mol. The van der Waals surface area contributed by atoms with E-state index >= 15 is 0 Å². The number of benzene rings is 1. The van der Waals surface area contributed by atoms with Crippen molar-refractivity contribution in [3.05, 3.63) is 47.9 Å². The molecule has 1 aliphatic rings. The molecular formula is C19H19N5O4. The predicted molar refractivity (Wildman–Crippen MR) is 98.4 cm³/mol. The van der Waals surface area contributed by atoms with E-state index in [0.717, 1.165) is 0 Å². The fourth-order valence-corrected chi connectivity index (χ4v) is 3.25. The molecule has 0 radical (unpaired) electrons. The Hall–Kier alpha value is -3.51. The standard InChI is InChI=1S/C19H19N5O4/c1-28-10-15-6-14(9-24(15)19(26)27)23-18(25)17-7-16(21-11-22-17)13-4-2-3-12(5-13)8-20/h2-5,7,11,14-15H,6,9-10H2,1H3,(H,23,25)(H,26,27)/t14-,15+/m1/s1. The van der Waals surface area contributed by atoms with E-state index in [2.05, 4.69) is 21.4 Å². The Labute approximate surface area is 161 Å². The maximum Gasteiger partial charge on any atom is 0.407 e. The number of likely N-dealkylation sites (tertiary alicyclic amines) is 1. The van der Waals surface area contributed by atoms with E-state index in [1.165, 1.54) is 18.3 Å². The van der Waals surface area contributed by atoms with Crippen molar-refractivity contribution >= 4 is 12.0 Å². The number of amides is 2. The summed E-state index contributed by atoms with van der Waals surface area (Å²) in [6.07, 6.45) is 0.712. The van der Waals surface area contributed by atoms with Crippen LogP contribution in [0.5, 0.6) is 0 Å². The summed E-state index contributed by atoms with van der Waals surface area (Å²) in [5, 5.41) is 21.2. The summed E-state index contributed by atoms with van der Waals surface area (Å²) in [6.45, 7) is 0.461. The molecule has 2 amide bonds. The number of nitrogens with zero attached hydrogens (tertiary/aromatic N) is 4. The molecule has 9 heteroatoms. The molecule has 0 aliphatic carbocycles. The van der Waals surface area contributed by atoms with Gasteiger partial charge in [-0.2, -0.15) is 5.26 Å². The summed E-state index contributed by atoms with van der Waals surface area (Å²) in [6, 6.07) is 9.88. The van der Waals surface area contributed by atoms with E-state index in [9.17, 15) is 14.7 Å². The van der Waals surface area contributed by atoms with Gasteiger partial charge in [0.2, 0.25) is 0 Å². The highest BCUT2D eigenvalue weighted by Gasteiger charge is 2.36. The highest BCUT2D eigenvalue weighted by Crippen LogP contribution is 2.20. The molecule has 2 heterocycles. The van der Waals surface area contributed by atoms with Gasteiger partial charge in [-0.15, -0.1) is 0 Å². The van der Waals surface area contributed by atoms with E-state index < -0.39 is 12.0 Å². The van der Waals surface area contributed by atoms with Crippen molar-refractivity contribution in [1.29, 1.82) is 5.26 Å². The Bertz CT molecular complexity index is 927. The lowest BCUT2D eigenvalue weighted by molar-refractivity contribution is 0.0928. The van der Waals surface area contributed by atoms with Crippen LogP contribution in [-0.4, -0.2) is 64.3 Å². The van der Waals surface area contributed by atoms with E-state index in [1.54, 1.807) is 30.3 Å². The average Bonchev–Trinajstić information content (AvgIpc) is 3.11. The van der Waals surface area contributed by atoms with Gasteiger partial charge in [0.15, 0.2) is 0 Å². The zero-order chi connectivity index (χ0) is 20.1. The molecule has 0 bridgehead atoms. The van der Waals surface area contributed by atoms with Crippen molar-refractivity contribution in [3.8, 4) is 17.3 Å². The Balaban J connectivity index is 1.73. The first kappa shape index (κ1) is 19.3. The lowest BCUT2D eigenvalue weighted by atomic mass is 10.1. The van der Waals surface area contributed by atoms with Gasteiger partial charge in [-0.1, -0.05) is 12.1 Å². The molecule has 144 valence electrons. The topological polar surface area (TPSA) is 128 Å². The van der Waals surface area contributed by atoms with Crippen molar-refractivity contribution in [1.82, 2.24) is 20.2 Å². The van der Waals surface area contributed by atoms with Crippen molar-refractivity contribution < 1.29 is 19.4 Å². The van der Waals surface area contributed by atoms with Crippen LogP contribution in [0.2, 0.25) is 0 Å². The Morgan fingerprint density at radius 2 is 2.21 bits per heavy atom. The Kier molecular flexibility index (Phi) is 5.81. The number of carbonyl (C=O) groups excluding carboxylic acids is 1. The lowest BCUT2D eigenvalue weighted by Crippen LogP contribution is -2.39. The summed E-state index contributed by atoms with van der Waals surface area (Å²) in [5.74, 6) is -0.409. The van der Waals surface area contributed by atoms with Crippen LogP contribution in [0.15, 0.2) is 36.7 Å². The van der Waals surface area contributed by atoms with Crippen molar-refractivity contribution in [2.75, 3.05) is 20.3 Å². The Morgan fingerprint density at radius 3 is 2.93 bits per heavy atom. The molecular weight excluding hydrogens is 362 g/mol. The minimum absolute atomic E-state index is 0.171. The third kappa shape index (κ3) is 4.24. The van der Waals surface area contributed by atoms with Crippen LogP contribution in [0.4, 0.5) is 4.79 Å². The van der Waals surface area contributed by atoms with E-state index in [0.29, 0.717) is 23.2 Å². The van der Waals surface area contributed by atoms with Crippen LogP contribution >= 0.6 is 0 Å². The first-order chi connectivity index (χ1) is 13.5. The minimum Gasteiger partial charge on any atom is -0.465 e. The van der Waals surface area contributed by atoms with Crippen molar-refractivity contribution in [3.63, 3.8) is 0 Å². The molecule has 2 atom stereocenters. The predicted octanol–water partition coefficient (Wildman–Crippen LogP) is 1.51. The molecule has 0 spiro atoms. The van der Waals surface area contributed by atoms with Crippen molar-refractivity contribution in [2.24, 2.45) is 0 Å². The van der Waals surface area contributed by atoms with E-state index in [-0.39, 0.29) is 30.9 Å². The largest absolute Gasteiger partial charge is 0.465 e. The first-order valence-corrected chi connectivity index (χ1v) is 8.63. The summed E-state index contributed by atoms with van der Waals surface area (Å²) in [7, 11) is 1.51. The molecule has 2 N–H and O–H groups in total. The van der Waals surface area contributed by atoms with Crippen LogP contribution < -0.4 is 5.32 Å². The lowest BCUT2D eigenvalue weighted by Gasteiger charge is -2.19. The van der Waals surface area contributed by atoms with E-state index in [4.69, 9.17) is 10.00 Å². The fourth-order valence-electron chi connectivity index (χ4n) is 3.25. The number of hydrogen-bond donors (Lipinski definition) is 2. The number of hydrogen-bond acceptors (Lipinski definition) is 6. The van der Waals surface area contributed by atoms with Gasteiger partial charge in [0.05, 0.1) is 30.0 Å². The zero-order valence-electron chi connectivity index (χ0n) is 15.2. The molecule has 3 rings (SSSR count). The first-order valence-electron chi connectivity index (χ1n) is 8.63. The van der Waals surface area contributed by atoms with Gasteiger partial charge < -0.3 is 20.1 Å². The van der Waals surface area contributed by atoms with Gasteiger partial charge in [-0.3, -0.25) is 4.79 Å². The maximum atomic E-state index is 12.6. The molecule has 1 aliphatic heterocycles. The van der Waals surface area contributed by atoms with Crippen LogP contribution in [0.25, 0.3) is 11.3 Å². The number of methoxy groups -OCH3 is 1. The number of carboxylic acid groups (broad SMARTS) is 1. The van der Waals surface area contributed by atoms with Gasteiger partial charge >= 0.3 is 6.09 Å². The quantitative estimate of drug-likeness (QED) is 0.803.